The van der Waals surface area contributed by atoms with Crippen LogP contribution in [-0.2, 0) is 0 Å². The van der Waals surface area contributed by atoms with Crippen LogP contribution in [0.5, 0.6) is 0 Å². The average Bonchev–Trinajstić information content (AvgIpc) is 2.99. The van der Waals surface area contributed by atoms with E-state index in [1.165, 1.54) is 47.7 Å². The normalized spacial score (nSPS) is 26.3. The van der Waals surface area contributed by atoms with Crippen LogP contribution in [0.15, 0.2) is 47.5 Å². The van der Waals surface area contributed by atoms with Crippen molar-refractivity contribution in [2.45, 2.75) is 31.7 Å². The smallest absolute Gasteiger partial charge is 0.0535 e. The van der Waals surface area contributed by atoms with Crippen molar-refractivity contribution in [3.63, 3.8) is 0 Å². The molecule has 2 atom stereocenters. The van der Waals surface area contributed by atoms with Crippen molar-refractivity contribution in [3.8, 4) is 0 Å². The van der Waals surface area contributed by atoms with Gasteiger partial charge in [0.2, 0.25) is 0 Å². The van der Waals surface area contributed by atoms with Gasteiger partial charge in [0.1, 0.15) is 0 Å². The van der Waals surface area contributed by atoms with Crippen LogP contribution in [-0.4, -0.2) is 11.8 Å². The molecule has 1 nitrogen and oxygen atoms in total. The summed E-state index contributed by atoms with van der Waals surface area (Å²) in [6.45, 7) is 0. The van der Waals surface area contributed by atoms with Crippen LogP contribution >= 0.6 is 0 Å². The fourth-order valence-electron chi connectivity index (χ4n) is 3.58. The molecule has 1 aliphatic heterocycles. The van der Waals surface area contributed by atoms with Crippen molar-refractivity contribution in [2.75, 3.05) is 0 Å². The third-order valence-electron chi connectivity index (χ3n) is 4.50. The lowest BCUT2D eigenvalue weighted by molar-refractivity contribution is 0.536. The Kier molecular flexibility index (Phi) is 2.26. The maximum absolute atomic E-state index is 4.99. The van der Waals surface area contributed by atoms with Crippen molar-refractivity contribution in [1.82, 2.24) is 0 Å². The van der Waals surface area contributed by atoms with E-state index in [1.807, 2.05) is 0 Å². The molecule has 4 rings (SSSR count). The summed E-state index contributed by atoms with van der Waals surface area (Å²) in [7, 11) is 0. The minimum atomic E-state index is 0.624. The molecule has 1 aliphatic carbocycles. The highest BCUT2D eigenvalue weighted by Crippen LogP contribution is 2.38. The van der Waals surface area contributed by atoms with E-state index in [9.17, 15) is 0 Å². The molecule has 1 heterocycles. The van der Waals surface area contributed by atoms with Crippen LogP contribution < -0.4 is 0 Å². The van der Waals surface area contributed by atoms with E-state index in [2.05, 4.69) is 42.5 Å². The zero-order chi connectivity index (χ0) is 11.9. The number of rotatable bonds is 1. The first-order valence-electron chi connectivity index (χ1n) is 6.96. The van der Waals surface area contributed by atoms with Gasteiger partial charge in [-0.15, -0.1) is 0 Å². The van der Waals surface area contributed by atoms with Crippen molar-refractivity contribution in [2.24, 2.45) is 10.9 Å². The van der Waals surface area contributed by atoms with E-state index in [0.29, 0.717) is 6.04 Å². The highest BCUT2D eigenvalue weighted by atomic mass is 14.9. The van der Waals surface area contributed by atoms with Crippen molar-refractivity contribution in [3.05, 3.63) is 48.0 Å². The van der Waals surface area contributed by atoms with Crippen LogP contribution in [0.2, 0.25) is 0 Å². The number of hydrogen-bond acceptors (Lipinski definition) is 1. The third kappa shape index (κ3) is 1.50. The van der Waals surface area contributed by atoms with Crippen molar-refractivity contribution >= 4 is 16.5 Å². The van der Waals surface area contributed by atoms with Gasteiger partial charge in [0, 0.05) is 11.3 Å². The average molecular weight is 235 g/mol. The highest BCUT2D eigenvalue weighted by molar-refractivity contribution is 6.11. The summed E-state index contributed by atoms with van der Waals surface area (Å²) in [5, 5.41) is 2.69. The van der Waals surface area contributed by atoms with Crippen molar-refractivity contribution in [1.29, 1.82) is 0 Å². The lowest BCUT2D eigenvalue weighted by atomic mass is 9.95. The Hall–Kier alpha value is -1.63. The van der Waals surface area contributed by atoms with E-state index in [0.717, 1.165) is 5.92 Å². The Morgan fingerprint density at radius 1 is 0.944 bits per heavy atom. The summed E-state index contributed by atoms with van der Waals surface area (Å²) in [4.78, 5) is 4.99. The van der Waals surface area contributed by atoms with Gasteiger partial charge in [-0.25, -0.2) is 0 Å². The van der Waals surface area contributed by atoms with Gasteiger partial charge >= 0.3 is 0 Å². The number of aliphatic imine (C=N–C) groups is 1. The molecule has 0 radical (unpaired) electrons. The summed E-state index contributed by atoms with van der Waals surface area (Å²) in [5.74, 6) is 0.832. The SMILES string of the molecule is c1ccc2c(C3=N[C@@H]4CCC[C@@H]4C3)cccc2c1. The van der Waals surface area contributed by atoms with Gasteiger partial charge in [-0.05, 0) is 36.0 Å². The second-order valence-electron chi connectivity index (χ2n) is 5.56. The summed E-state index contributed by atoms with van der Waals surface area (Å²) < 4.78 is 0. The standard InChI is InChI=1S/C17H17N/c1-2-8-14-12(5-1)6-3-9-15(14)17-11-13-7-4-10-16(13)18-17/h1-3,5-6,8-9,13,16H,4,7,10-11H2/t13-,16-/m1/s1. The molecule has 1 fully saturated rings. The predicted molar refractivity (Wildman–Crippen MR) is 76.2 cm³/mol. The molecule has 1 heteroatoms. The molecule has 2 aromatic carbocycles. The zero-order valence-electron chi connectivity index (χ0n) is 10.5. The molecule has 0 bridgehead atoms. The fourth-order valence-corrected chi connectivity index (χ4v) is 3.58. The molecule has 2 aromatic rings. The Bertz CT molecular complexity index is 621. The summed E-state index contributed by atoms with van der Waals surface area (Å²) >= 11 is 0. The first kappa shape index (κ1) is 10.3. The predicted octanol–water partition coefficient (Wildman–Crippen LogP) is 4.20. The Balaban J connectivity index is 1.84. The van der Waals surface area contributed by atoms with Gasteiger partial charge in [-0.1, -0.05) is 48.9 Å². The molecule has 1 saturated carbocycles. The van der Waals surface area contributed by atoms with E-state index < -0.39 is 0 Å². The van der Waals surface area contributed by atoms with Gasteiger partial charge < -0.3 is 0 Å². The van der Waals surface area contributed by atoms with Crippen LogP contribution in [0.1, 0.15) is 31.2 Å². The van der Waals surface area contributed by atoms with Gasteiger partial charge in [-0.3, -0.25) is 4.99 Å². The largest absolute Gasteiger partial charge is 0.285 e. The molecule has 0 aromatic heterocycles. The van der Waals surface area contributed by atoms with Gasteiger partial charge in [0.05, 0.1) is 6.04 Å². The van der Waals surface area contributed by atoms with E-state index in [-0.39, 0.29) is 0 Å². The summed E-state index contributed by atoms with van der Waals surface area (Å²) in [5.41, 5.74) is 2.71. The molecule has 0 spiro atoms. The van der Waals surface area contributed by atoms with E-state index >= 15 is 0 Å². The molecule has 0 N–H and O–H groups in total. The fraction of sp³-hybridized carbons (Fsp3) is 0.353. The zero-order valence-corrected chi connectivity index (χ0v) is 10.5. The summed E-state index contributed by atoms with van der Waals surface area (Å²) in [6.07, 6.45) is 5.25. The monoisotopic (exact) mass is 235 g/mol. The molecule has 0 unspecified atom stereocenters. The molecule has 18 heavy (non-hydrogen) atoms. The van der Waals surface area contributed by atoms with Crippen LogP contribution in [0, 0.1) is 5.92 Å². The quantitative estimate of drug-likeness (QED) is 0.702. The molecule has 0 saturated heterocycles. The minimum absolute atomic E-state index is 0.624. The van der Waals surface area contributed by atoms with Crippen LogP contribution in [0.4, 0.5) is 0 Å². The lowest BCUT2D eigenvalue weighted by Gasteiger charge is -2.07. The Labute approximate surface area is 108 Å². The Morgan fingerprint density at radius 3 is 2.78 bits per heavy atom. The van der Waals surface area contributed by atoms with Gasteiger partial charge in [0.25, 0.3) is 0 Å². The maximum atomic E-state index is 4.99. The highest BCUT2D eigenvalue weighted by Gasteiger charge is 2.33. The first-order valence-corrected chi connectivity index (χ1v) is 6.96. The van der Waals surface area contributed by atoms with Crippen molar-refractivity contribution < 1.29 is 0 Å². The number of hydrogen-bond donors (Lipinski definition) is 0. The first-order chi connectivity index (χ1) is 8.92. The summed E-state index contributed by atoms with van der Waals surface area (Å²) in [6, 6.07) is 15.9. The van der Waals surface area contributed by atoms with Crippen LogP contribution in [0.25, 0.3) is 10.8 Å². The van der Waals surface area contributed by atoms with E-state index in [1.54, 1.807) is 0 Å². The lowest BCUT2D eigenvalue weighted by Crippen LogP contribution is -2.04. The van der Waals surface area contributed by atoms with Gasteiger partial charge in [-0.2, -0.15) is 0 Å². The second kappa shape index (κ2) is 3.94. The topological polar surface area (TPSA) is 12.4 Å². The molecule has 90 valence electrons. The molecule has 2 aliphatic rings. The maximum Gasteiger partial charge on any atom is 0.0535 e. The number of benzene rings is 2. The molecular formula is C17H17N. The number of nitrogens with zero attached hydrogens (tertiary/aromatic N) is 1. The molecule has 0 amide bonds. The Morgan fingerprint density at radius 2 is 1.83 bits per heavy atom. The van der Waals surface area contributed by atoms with Gasteiger partial charge in [0.15, 0.2) is 0 Å². The number of fused-ring (bicyclic) bond motifs is 2. The minimum Gasteiger partial charge on any atom is -0.285 e. The third-order valence-corrected chi connectivity index (χ3v) is 4.50. The second-order valence-corrected chi connectivity index (χ2v) is 5.56. The molecular weight excluding hydrogens is 218 g/mol. The van der Waals surface area contributed by atoms with Crippen LogP contribution in [0.3, 0.4) is 0 Å². The van der Waals surface area contributed by atoms with E-state index in [4.69, 9.17) is 4.99 Å².